The molecule has 1 heterocycles. The first-order chi connectivity index (χ1) is 12.2. The van der Waals surface area contributed by atoms with E-state index in [1.807, 2.05) is 18.4 Å². The Kier molecular flexibility index (Phi) is 6.13. The number of carboxylic acids is 1. The van der Waals surface area contributed by atoms with Crippen molar-refractivity contribution in [3.63, 3.8) is 0 Å². The van der Waals surface area contributed by atoms with E-state index in [0.29, 0.717) is 5.92 Å². The third-order valence-electron chi connectivity index (χ3n) is 4.95. The van der Waals surface area contributed by atoms with Crippen LogP contribution in [0.15, 0.2) is 29.4 Å². The number of nitrogens with zero attached hydrogens (tertiary/aromatic N) is 2. The van der Waals surface area contributed by atoms with Crippen LogP contribution in [0.2, 0.25) is 0 Å². The molecule has 134 valence electrons. The smallest absolute Gasteiger partial charge is 0.305 e. The number of fused-ring (bicyclic) bond motifs is 1. The van der Waals surface area contributed by atoms with E-state index >= 15 is 0 Å². The van der Waals surface area contributed by atoms with Crippen molar-refractivity contribution in [2.45, 2.75) is 55.9 Å². The summed E-state index contributed by atoms with van der Waals surface area (Å²) in [5.41, 5.74) is 0.877. The minimum Gasteiger partial charge on any atom is -0.481 e. The third kappa shape index (κ3) is 4.84. The average Bonchev–Trinajstić information content (AvgIpc) is 2.62. The number of hydrogen-bond acceptors (Lipinski definition) is 5. The van der Waals surface area contributed by atoms with Gasteiger partial charge >= 0.3 is 5.97 Å². The molecule has 1 aromatic heterocycles. The highest BCUT2D eigenvalue weighted by Crippen LogP contribution is 2.30. The van der Waals surface area contributed by atoms with Gasteiger partial charge in [0.2, 0.25) is 0 Å². The zero-order valence-corrected chi connectivity index (χ0v) is 15.4. The maximum atomic E-state index is 11.3. The van der Waals surface area contributed by atoms with Crippen LogP contribution in [0.4, 0.5) is 5.82 Å². The Morgan fingerprint density at radius 1 is 1.32 bits per heavy atom. The summed E-state index contributed by atoms with van der Waals surface area (Å²) in [5.74, 6) is 0.583. The fraction of sp³-hybridized carbons (Fsp3) is 0.526. The van der Waals surface area contributed by atoms with Gasteiger partial charge in [-0.2, -0.15) is 0 Å². The van der Waals surface area contributed by atoms with Gasteiger partial charge in [0, 0.05) is 16.3 Å². The summed E-state index contributed by atoms with van der Waals surface area (Å²) in [4.78, 5) is 21.2. The molecule has 2 N–H and O–H groups in total. The lowest BCUT2D eigenvalue weighted by Gasteiger charge is -2.27. The molecule has 1 aliphatic rings. The fourth-order valence-corrected chi connectivity index (χ4v) is 4.14. The molecule has 0 amide bonds. The van der Waals surface area contributed by atoms with Crippen molar-refractivity contribution in [3.8, 4) is 0 Å². The van der Waals surface area contributed by atoms with Gasteiger partial charge < -0.3 is 10.4 Å². The van der Waals surface area contributed by atoms with E-state index in [1.54, 1.807) is 18.1 Å². The van der Waals surface area contributed by atoms with E-state index in [9.17, 15) is 9.90 Å². The van der Waals surface area contributed by atoms with Crippen molar-refractivity contribution in [1.82, 2.24) is 9.97 Å². The number of aliphatic carboxylic acids is 1. The largest absolute Gasteiger partial charge is 0.481 e. The van der Waals surface area contributed by atoms with Crippen LogP contribution in [0.5, 0.6) is 0 Å². The van der Waals surface area contributed by atoms with E-state index in [0.717, 1.165) is 28.0 Å². The summed E-state index contributed by atoms with van der Waals surface area (Å²) < 4.78 is 0. The number of anilines is 1. The van der Waals surface area contributed by atoms with Crippen LogP contribution in [0.25, 0.3) is 10.9 Å². The quantitative estimate of drug-likeness (QED) is 0.705. The highest BCUT2D eigenvalue weighted by Gasteiger charge is 2.22. The molecule has 0 spiro atoms. The van der Waals surface area contributed by atoms with E-state index in [2.05, 4.69) is 21.4 Å². The van der Waals surface area contributed by atoms with Crippen LogP contribution < -0.4 is 5.32 Å². The second-order valence-electron chi connectivity index (χ2n) is 6.78. The van der Waals surface area contributed by atoms with E-state index < -0.39 is 5.97 Å². The topological polar surface area (TPSA) is 75.1 Å². The molecule has 2 aromatic rings. The predicted molar refractivity (Wildman–Crippen MR) is 102 cm³/mol. The summed E-state index contributed by atoms with van der Waals surface area (Å²) in [6.07, 6.45) is 10.8. The standard InChI is InChI=1S/C19H25N3O2S/c1-25-15-7-8-17-16(11-15)19(21-12-20-17)22-14(10-18(23)24)9-13-5-3-2-4-6-13/h7-8,11-14H,2-6,9-10H2,1H3,(H,23,24)(H,20,21,22)/t14-/m1/s1. The number of carbonyl (C=O) groups is 1. The van der Waals surface area contributed by atoms with E-state index in [1.165, 1.54) is 32.1 Å². The second-order valence-corrected chi connectivity index (χ2v) is 7.66. The molecule has 0 unspecified atom stereocenters. The van der Waals surface area contributed by atoms with Gasteiger partial charge in [-0.15, -0.1) is 11.8 Å². The zero-order valence-electron chi connectivity index (χ0n) is 14.6. The van der Waals surface area contributed by atoms with Gasteiger partial charge in [-0.1, -0.05) is 32.1 Å². The Morgan fingerprint density at radius 2 is 2.12 bits per heavy atom. The first-order valence-electron chi connectivity index (χ1n) is 8.93. The molecule has 1 fully saturated rings. The minimum absolute atomic E-state index is 0.100. The van der Waals surface area contributed by atoms with E-state index in [-0.39, 0.29) is 12.5 Å². The number of aromatic nitrogens is 2. The molecule has 1 saturated carbocycles. The summed E-state index contributed by atoms with van der Waals surface area (Å²) in [6, 6.07) is 6.00. The predicted octanol–water partition coefficient (Wildman–Crippen LogP) is 4.58. The molecule has 0 radical (unpaired) electrons. The first kappa shape index (κ1) is 18.0. The number of nitrogens with one attached hydrogen (secondary N) is 1. The van der Waals surface area contributed by atoms with Gasteiger partial charge in [-0.05, 0) is 36.8 Å². The highest BCUT2D eigenvalue weighted by molar-refractivity contribution is 7.98. The Morgan fingerprint density at radius 3 is 2.84 bits per heavy atom. The zero-order chi connectivity index (χ0) is 17.6. The first-order valence-corrected chi connectivity index (χ1v) is 10.1. The lowest BCUT2D eigenvalue weighted by molar-refractivity contribution is -0.137. The summed E-state index contributed by atoms with van der Waals surface area (Å²) in [6.45, 7) is 0. The summed E-state index contributed by atoms with van der Waals surface area (Å²) >= 11 is 1.67. The molecule has 3 rings (SSSR count). The molecule has 25 heavy (non-hydrogen) atoms. The minimum atomic E-state index is -0.767. The number of thioether (sulfide) groups is 1. The molecule has 0 saturated heterocycles. The Hall–Kier alpha value is -1.82. The van der Waals surface area contributed by atoms with Crippen molar-refractivity contribution >= 4 is 34.5 Å². The normalized spacial score (nSPS) is 16.7. The van der Waals surface area contributed by atoms with Crippen LogP contribution in [0, 0.1) is 5.92 Å². The molecule has 1 aliphatic carbocycles. The average molecular weight is 359 g/mol. The summed E-state index contributed by atoms with van der Waals surface area (Å²) in [5, 5.41) is 13.7. The Labute approximate surface area is 152 Å². The van der Waals surface area contributed by atoms with Gasteiger partial charge in [0.15, 0.2) is 0 Å². The maximum absolute atomic E-state index is 11.3. The lowest BCUT2D eigenvalue weighted by atomic mass is 9.84. The van der Waals surface area contributed by atoms with Gasteiger partial charge in [0.05, 0.1) is 11.9 Å². The van der Waals surface area contributed by atoms with Gasteiger partial charge in [-0.3, -0.25) is 4.79 Å². The van der Waals surface area contributed by atoms with Crippen molar-refractivity contribution in [1.29, 1.82) is 0 Å². The highest BCUT2D eigenvalue weighted by atomic mass is 32.2. The molecule has 1 atom stereocenters. The van der Waals surface area contributed by atoms with E-state index in [4.69, 9.17) is 0 Å². The van der Waals surface area contributed by atoms with Crippen molar-refractivity contribution in [3.05, 3.63) is 24.5 Å². The van der Waals surface area contributed by atoms with Crippen LogP contribution in [-0.2, 0) is 4.79 Å². The lowest BCUT2D eigenvalue weighted by Crippen LogP contribution is -2.27. The van der Waals surface area contributed by atoms with Gasteiger partial charge in [0.25, 0.3) is 0 Å². The summed E-state index contributed by atoms with van der Waals surface area (Å²) in [7, 11) is 0. The third-order valence-corrected chi connectivity index (χ3v) is 5.67. The maximum Gasteiger partial charge on any atom is 0.305 e. The number of rotatable bonds is 7. The monoisotopic (exact) mass is 359 g/mol. The van der Waals surface area contributed by atoms with Gasteiger partial charge in [-0.25, -0.2) is 9.97 Å². The SMILES string of the molecule is CSc1ccc2ncnc(N[C@@H](CC(=O)O)CC3CCCCC3)c2c1. The van der Waals surface area contributed by atoms with Crippen LogP contribution >= 0.6 is 11.8 Å². The van der Waals surface area contributed by atoms with Crippen molar-refractivity contribution < 1.29 is 9.90 Å². The Balaban J connectivity index is 1.82. The molecule has 0 aliphatic heterocycles. The van der Waals surface area contributed by atoms with Crippen LogP contribution in [0.1, 0.15) is 44.9 Å². The van der Waals surface area contributed by atoms with Crippen LogP contribution in [0.3, 0.4) is 0 Å². The fourth-order valence-electron chi connectivity index (χ4n) is 3.70. The van der Waals surface area contributed by atoms with Crippen molar-refractivity contribution in [2.75, 3.05) is 11.6 Å². The number of carboxylic acid groups (broad SMARTS) is 1. The molecule has 1 aromatic carbocycles. The van der Waals surface area contributed by atoms with Crippen LogP contribution in [-0.4, -0.2) is 33.3 Å². The molecule has 0 bridgehead atoms. The number of hydrogen-bond donors (Lipinski definition) is 2. The molecule has 5 nitrogen and oxygen atoms in total. The number of benzene rings is 1. The molecular weight excluding hydrogens is 334 g/mol. The molecule has 6 heteroatoms. The Bertz CT molecular complexity index is 732. The molecular formula is C19H25N3O2S. The van der Waals surface area contributed by atoms with Gasteiger partial charge in [0.1, 0.15) is 12.1 Å². The second kappa shape index (κ2) is 8.52. The van der Waals surface area contributed by atoms with Crippen molar-refractivity contribution in [2.24, 2.45) is 5.92 Å².